The largest absolute Gasteiger partial charge is 0.434 e. The van der Waals surface area contributed by atoms with E-state index < -0.39 is 6.17 Å². The maximum absolute atomic E-state index is 6.96. The topological polar surface area (TPSA) is 86.6 Å². The van der Waals surface area contributed by atoms with Gasteiger partial charge in [-0.3, -0.25) is 0 Å². The predicted octanol–water partition coefficient (Wildman–Crippen LogP) is 13.9. The molecule has 1 atom stereocenters. The fourth-order valence-electron chi connectivity index (χ4n) is 9.94. The van der Waals surface area contributed by atoms with Crippen LogP contribution in [0, 0.1) is 0 Å². The molecule has 0 saturated carbocycles. The van der Waals surface area contributed by atoms with Gasteiger partial charge in [0.1, 0.15) is 17.5 Å². The molecule has 0 spiro atoms. The molecule has 11 aromatic rings. The lowest BCUT2D eigenvalue weighted by atomic mass is 9.92. The van der Waals surface area contributed by atoms with Crippen LogP contribution in [0.2, 0.25) is 0 Å². The summed E-state index contributed by atoms with van der Waals surface area (Å²) in [7, 11) is 0. The van der Waals surface area contributed by atoms with E-state index >= 15 is 0 Å². The monoisotopic (exact) mass is 852 g/mol. The summed E-state index contributed by atoms with van der Waals surface area (Å²) in [6, 6.07) is 71.3. The molecule has 0 radical (unpaired) electrons. The molecule has 0 amide bonds. The molecular formula is C59H44N6O. The van der Waals surface area contributed by atoms with Gasteiger partial charge < -0.3 is 19.3 Å². The number of nitrogens with zero attached hydrogens (tertiary/aromatic N) is 5. The van der Waals surface area contributed by atoms with Crippen molar-refractivity contribution in [1.29, 1.82) is 0 Å². The maximum Gasteiger partial charge on any atom is 0.228 e. The summed E-state index contributed by atoms with van der Waals surface area (Å²) in [5.41, 5.74) is 23.4. The minimum Gasteiger partial charge on any atom is -0.434 e. The Morgan fingerprint density at radius 1 is 0.545 bits per heavy atom. The molecule has 8 aromatic carbocycles. The van der Waals surface area contributed by atoms with E-state index in [0.29, 0.717) is 17.6 Å². The highest BCUT2D eigenvalue weighted by atomic mass is 16.3. The van der Waals surface area contributed by atoms with Crippen molar-refractivity contribution in [2.24, 2.45) is 15.7 Å². The smallest absolute Gasteiger partial charge is 0.228 e. The van der Waals surface area contributed by atoms with Crippen molar-refractivity contribution in [3.63, 3.8) is 0 Å². The molecule has 316 valence electrons. The van der Waals surface area contributed by atoms with Crippen LogP contribution in [0.5, 0.6) is 0 Å². The third-order valence-electron chi connectivity index (χ3n) is 13.0. The lowest BCUT2D eigenvalue weighted by Crippen LogP contribution is -2.18. The predicted molar refractivity (Wildman–Crippen MR) is 270 cm³/mol. The molecule has 7 nitrogen and oxygen atoms in total. The molecule has 2 N–H and O–H groups in total. The number of oxazole rings is 1. The van der Waals surface area contributed by atoms with Crippen molar-refractivity contribution in [3.05, 3.63) is 229 Å². The van der Waals surface area contributed by atoms with Crippen molar-refractivity contribution < 1.29 is 4.42 Å². The number of aryl methyl sites for hydroxylation is 2. The number of hydrogen-bond donors (Lipinski definition) is 1. The molecule has 0 aliphatic heterocycles. The number of nitrogens with two attached hydrogens (primary N) is 1. The van der Waals surface area contributed by atoms with Crippen molar-refractivity contribution in [3.8, 4) is 50.8 Å². The van der Waals surface area contributed by atoms with Crippen LogP contribution in [0.1, 0.15) is 35.3 Å². The molecule has 66 heavy (non-hydrogen) atoms. The van der Waals surface area contributed by atoms with Gasteiger partial charge in [-0.1, -0.05) is 176 Å². The van der Waals surface area contributed by atoms with E-state index in [2.05, 4.69) is 168 Å². The Morgan fingerprint density at radius 2 is 1.12 bits per heavy atom. The number of benzene rings is 8. The first kappa shape index (κ1) is 39.1. The maximum atomic E-state index is 6.96. The van der Waals surface area contributed by atoms with Gasteiger partial charge in [0.05, 0.1) is 28.1 Å². The third-order valence-corrected chi connectivity index (χ3v) is 13.0. The number of fused-ring (bicyclic) bond motifs is 8. The van der Waals surface area contributed by atoms with Gasteiger partial charge in [-0.05, 0) is 83.5 Å². The molecule has 1 unspecified atom stereocenters. The van der Waals surface area contributed by atoms with Crippen LogP contribution < -0.4 is 5.73 Å². The molecule has 0 bridgehead atoms. The Morgan fingerprint density at radius 3 is 1.85 bits per heavy atom. The first-order valence-corrected chi connectivity index (χ1v) is 22.5. The Hall–Kier alpha value is -8.55. The molecule has 0 saturated heterocycles. The standard InChI is InChI=1S/C59H44N6O/c1-38(61-58(63-57(60)42-22-9-4-10-23-42)43-34-32-40(33-35-43)39-18-5-2-6-19-39)64-51-29-15-13-25-45(51)47-36-37-48-46-26-14-16-30-52(46)65(55(48)54(47)64)53-31-17-28-50-56(53)66-59(62-50)49-27-12-11-24-44(49)41-20-7-3-8-21-41/h2-35,38H,36-37H2,1H3,(H2,60,61,63). The van der Waals surface area contributed by atoms with E-state index in [1.165, 1.54) is 21.9 Å². The zero-order valence-electron chi connectivity index (χ0n) is 36.3. The van der Waals surface area contributed by atoms with Gasteiger partial charge in [0.2, 0.25) is 5.89 Å². The lowest BCUT2D eigenvalue weighted by molar-refractivity contribution is 0.595. The summed E-state index contributed by atoms with van der Waals surface area (Å²) in [4.78, 5) is 15.8. The highest BCUT2D eigenvalue weighted by Gasteiger charge is 2.33. The van der Waals surface area contributed by atoms with Gasteiger partial charge >= 0.3 is 0 Å². The molecule has 7 heteroatoms. The van der Waals surface area contributed by atoms with Gasteiger partial charge in [0.15, 0.2) is 11.4 Å². The van der Waals surface area contributed by atoms with Gasteiger partial charge in [0.25, 0.3) is 0 Å². The minimum absolute atomic E-state index is 0.394. The van der Waals surface area contributed by atoms with Gasteiger partial charge in [-0.2, -0.15) is 0 Å². The summed E-state index contributed by atoms with van der Waals surface area (Å²) >= 11 is 0. The normalized spacial score (nSPS) is 13.3. The van der Waals surface area contributed by atoms with Crippen LogP contribution >= 0.6 is 0 Å². The van der Waals surface area contributed by atoms with E-state index in [9.17, 15) is 0 Å². The Labute approximate surface area is 382 Å². The van der Waals surface area contributed by atoms with Crippen LogP contribution in [0.3, 0.4) is 0 Å². The van der Waals surface area contributed by atoms with Crippen LogP contribution in [-0.4, -0.2) is 25.8 Å². The van der Waals surface area contributed by atoms with Crippen LogP contribution in [0.25, 0.3) is 83.7 Å². The van der Waals surface area contributed by atoms with Gasteiger partial charge in [-0.15, -0.1) is 0 Å². The fourth-order valence-corrected chi connectivity index (χ4v) is 9.94. The summed E-state index contributed by atoms with van der Waals surface area (Å²) in [5.74, 6) is 1.54. The highest BCUT2D eigenvalue weighted by molar-refractivity contribution is 6.11. The second kappa shape index (κ2) is 16.2. The van der Waals surface area contributed by atoms with E-state index in [1.807, 2.05) is 54.6 Å². The number of hydrogen-bond acceptors (Lipinski definition) is 3. The Balaban J connectivity index is 1.06. The first-order chi connectivity index (χ1) is 32.6. The quantitative estimate of drug-likeness (QED) is 0.122. The molecule has 3 heterocycles. The SMILES string of the molecule is CC(N=C(N=C(N)c1ccccc1)c1ccc(-c2ccccc2)cc1)n1c2c(c3ccccc31)CCc1c-2n(-c2cccc3nc(-c4ccccc4-c4ccccc4)oc23)c2ccccc12. The molecular weight excluding hydrogens is 809 g/mol. The van der Waals surface area contributed by atoms with Crippen LogP contribution in [0.15, 0.2) is 221 Å². The lowest BCUT2D eigenvalue weighted by Gasteiger charge is -2.23. The molecule has 1 aliphatic rings. The number of aromatic nitrogens is 3. The summed E-state index contributed by atoms with van der Waals surface area (Å²) < 4.78 is 11.8. The number of rotatable bonds is 8. The van der Waals surface area contributed by atoms with Crippen LogP contribution in [-0.2, 0) is 12.8 Å². The minimum atomic E-state index is -0.394. The second-order valence-corrected chi connectivity index (χ2v) is 16.8. The zero-order chi connectivity index (χ0) is 44.1. The number of amidine groups is 2. The average Bonchev–Trinajstić information content (AvgIpc) is 4.08. The van der Waals surface area contributed by atoms with Crippen molar-refractivity contribution >= 4 is 44.6 Å². The summed E-state index contributed by atoms with van der Waals surface area (Å²) in [5, 5.41) is 2.44. The van der Waals surface area contributed by atoms with Gasteiger partial charge in [-0.25, -0.2) is 15.0 Å². The number of para-hydroxylation sites is 3. The van der Waals surface area contributed by atoms with E-state index in [4.69, 9.17) is 25.1 Å². The molecule has 12 rings (SSSR count). The molecule has 0 fully saturated rings. The third kappa shape index (κ3) is 6.63. The van der Waals surface area contributed by atoms with Crippen molar-refractivity contribution in [2.45, 2.75) is 25.9 Å². The molecule has 1 aliphatic carbocycles. The first-order valence-electron chi connectivity index (χ1n) is 22.5. The van der Waals surface area contributed by atoms with E-state index in [0.717, 1.165) is 91.0 Å². The van der Waals surface area contributed by atoms with Crippen molar-refractivity contribution in [2.75, 3.05) is 0 Å². The van der Waals surface area contributed by atoms with Gasteiger partial charge in [0, 0.05) is 27.5 Å². The number of aliphatic imine (C=N–C) groups is 2. The second-order valence-electron chi connectivity index (χ2n) is 16.8. The Kier molecular flexibility index (Phi) is 9.60. The van der Waals surface area contributed by atoms with Crippen LogP contribution in [0.4, 0.5) is 0 Å². The van der Waals surface area contributed by atoms with E-state index in [-0.39, 0.29) is 0 Å². The van der Waals surface area contributed by atoms with Crippen molar-refractivity contribution in [1.82, 2.24) is 14.1 Å². The fraction of sp³-hybridized carbons (Fsp3) is 0.0678. The highest BCUT2D eigenvalue weighted by Crippen LogP contribution is 2.48. The summed E-state index contributed by atoms with van der Waals surface area (Å²) in [6.45, 7) is 2.16. The average molecular weight is 853 g/mol. The Bertz CT molecular complexity index is 3650. The van der Waals surface area contributed by atoms with E-state index in [1.54, 1.807) is 0 Å². The zero-order valence-corrected chi connectivity index (χ0v) is 36.3. The molecule has 3 aromatic heterocycles. The summed E-state index contributed by atoms with van der Waals surface area (Å²) in [6.07, 6.45) is 1.38.